The van der Waals surface area contributed by atoms with Crippen LogP contribution >= 0.6 is 15.9 Å². The van der Waals surface area contributed by atoms with Crippen molar-refractivity contribution in [2.24, 2.45) is 5.10 Å². The fourth-order valence-electron chi connectivity index (χ4n) is 2.41. The molecule has 0 unspecified atom stereocenters. The molecule has 138 valence electrons. The Labute approximate surface area is 162 Å². The molecule has 0 heterocycles. The third-order valence-electron chi connectivity index (χ3n) is 4.16. The van der Waals surface area contributed by atoms with Crippen LogP contribution in [-0.4, -0.2) is 25.8 Å². The van der Waals surface area contributed by atoms with Crippen molar-refractivity contribution in [1.82, 2.24) is 5.43 Å². The number of ether oxygens (including phenoxy) is 2. The minimum atomic E-state index is -0.324. The first-order valence-corrected chi connectivity index (χ1v) is 9.12. The minimum absolute atomic E-state index is 0.109. The second-order valence-corrected chi connectivity index (χ2v) is 6.66. The predicted molar refractivity (Wildman–Crippen MR) is 107 cm³/mol. The number of hydrogen-bond donors (Lipinski definition) is 1. The van der Waals surface area contributed by atoms with Gasteiger partial charge in [-0.3, -0.25) is 4.79 Å². The summed E-state index contributed by atoms with van der Waals surface area (Å²) in [5.74, 6) is 1.13. The number of carbonyl (C=O) groups is 1. The van der Waals surface area contributed by atoms with E-state index >= 15 is 0 Å². The highest BCUT2D eigenvalue weighted by molar-refractivity contribution is 9.10. The Morgan fingerprint density at radius 3 is 2.58 bits per heavy atom. The van der Waals surface area contributed by atoms with E-state index in [1.807, 2.05) is 44.2 Å². The zero-order valence-corrected chi connectivity index (χ0v) is 17.0. The Kier molecular flexibility index (Phi) is 7.21. The first kappa shape index (κ1) is 20.0. The van der Waals surface area contributed by atoms with Crippen molar-refractivity contribution in [2.45, 2.75) is 27.2 Å². The molecule has 0 fully saturated rings. The van der Waals surface area contributed by atoms with Gasteiger partial charge in [-0.1, -0.05) is 13.0 Å². The van der Waals surface area contributed by atoms with E-state index < -0.39 is 0 Å². The van der Waals surface area contributed by atoms with E-state index in [4.69, 9.17) is 9.47 Å². The molecule has 1 amide bonds. The average molecular weight is 419 g/mol. The van der Waals surface area contributed by atoms with Crippen LogP contribution in [0.15, 0.2) is 39.9 Å². The number of hydrogen-bond acceptors (Lipinski definition) is 4. The number of aryl methyl sites for hydroxylation is 1. The van der Waals surface area contributed by atoms with Crippen molar-refractivity contribution < 1.29 is 14.3 Å². The number of halogens is 1. The van der Waals surface area contributed by atoms with Crippen molar-refractivity contribution in [3.05, 3.63) is 57.1 Å². The SMILES string of the molecule is CCc1ccc(OCC(=O)NN=Cc2ccc(OC)c(C)c2C)c(Br)c1. The molecule has 0 aromatic heterocycles. The van der Waals surface area contributed by atoms with E-state index in [2.05, 4.69) is 33.4 Å². The van der Waals surface area contributed by atoms with Crippen LogP contribution in [0, 0.1) is 13.8 Å². The number of rotatable bonds is 7. The third-order valence-corrected chi connectivity index (χ3v) is 4.78. The first-order chi connectivity index (χ1) is 12.5. The van der Waals surface area contributed by atoms with Crippen LogP contribution in [0.4, 0.5) is 0 Å². The average Bonchev–Trinajstić information content (AvgIpc) is 2.64. The maximum atomic E-state index is 11.9. The molecule has 0 bridgehead atoms. The third kappa shape index (κ3) is 5.08. The summed E-state index contributed by atoms with van der Waals surface area (Å²) >= 11 is 3.45. The van der Waals surface area contributed by atoms with E-state index in [0.29, 0.717) is 5.75 Å². The Morgan fingerprint density at radius 1 is 1.19 bits per heavy atom. The van der Waals surface area contributed by atoms with Crippen molar-refractivity contribution >= 4 is 28.1 Å². The van der Waals surface area contributed by atoms with Crippen molar-refractivity contribution in [3.63, 3.8) is 0 Å². The second-order valence-electron chi connectivity index (χ2n) is 5.81. The lowest BCUT2D eigenvalue weighted by Crippen LogP contribution is -2.24. The fraction of sp³-hybridized carbons (Fsp3) is 0.300. The van der Waals surface area contributed by atoms with Gasteiger partial charge in [0.15, 0.2) is 6.61 Å². The molecule has 2 aromatic rings. The van der Waals surface area contributed by atoms with Crippen molar-refractivity contribution in [2.75, 3.05) is 13.7 Å². The molecule has 0 spiro atoms. The van der Waals surface area contributed by atoms with E-state index in [0.717, 1.165) is 33.3 Å². The van der Waals surface area contributed by atoms with Gasteiger partial charge in [0.05, 0.1) is 17.8 Å². The summed E-state index contributed by atoms with van der Waals surface area (Å²) in [7, 11) is 1.64. The van der Waals surface area contributed by atoms with Crippen LogP contribution in [-0.2, 0) is 11.2 Å². The summed E-state index contributed by atoms with van der Waals surface area (Å²) < 4.78 is 11.6. The zero-order valence-electron chi connectivity index (χ0n) is 15.4. The van der Waals surface area contributed by atoms with Gasteiger partial charge in [0.25, 0.3) is 5.91 Å². The molecule has 5 nitrogen and oxygen atoms in total. The van der Waals surface area contributed by atoms with Gasteiger partial charge in [-0.05, 0) is 82.7 Å². The summed E-state index contributed by atoms with van der Waals surface area (Å²) in [5, 5.41) is 4.00. The van der Waals surface area contributed by atoms with E-state index in [1.54, 1.807) is 13.3 Å². The van der Waals surface area contributed by atoms with Crippen LogP contribution in [0.3, 0.4) is 0 Å². The Morgan fingerprint density at radius 2 is 1.92 bits per heavy atom. The topological polar surface area (TPSA) is 59.9 Å². The maximum Gasteiger partial charge on any atom is 0.277 e. The molecule has 2 rings (SSSR count). The highest BCUT2D eigenvalue weighted by atomic mass is 79.9. The number of hydrazone groups is 1. The Balaban J connectivity index is 1.91. The van der Waals surface area contributed by atoms with Gasteiger partial charge >= 0.3 is 0 Å². The standard InChI is InChI=1S/C20H23BrN2O3/c1-5-15-6-8-19(17(21)10-15)26-12-20(24)23-22-11-16-7-9-18(25-4)14(3)13(16)2/h6-11H,5,12H2,1-4H3,(H,23,24). The number of benzene rings is 2. The van der Waals surface area contributed by atoms with Crippen LogP contribution < -0.4 is 14.9 Å². The largest absolute Gasteiger partial charge is 0.496 e. The lowest BCUT2D eigenvalue weighted by atomic mass is 10.0. The quantitative estimate of drug-likeness (QED) is 0.542. The lowest BCUT2D eigenvalue weighted by Gasteiger charge is -2.10. The predicted octanol–water partition coefficient (Wildman–Crippen LogP) is 4.17. The summed E-state index contributed by atoms with van der Waals surface area (Å²) in [4.78, 5) is 11.9. The molecule has 0 saturated carbocycles. The van der Waals surface area contributed by atoms with Gasteiger partial charge in [-0.2, -0.15) is 5.10 Å². The van der Waals surface area contributed by atoms with Crippen molar-refractivity contribution in [1.29, 1.82) is 0 Å². The molecule has 0 radical (unpaired) electrons. The molecule has 26 heavy (non-hydrogen) atoms. The Hall–Kier alpha value is -2.34. The highest BCUT2D eigenvalue weighted by Gasteiger charge is 2.07. The zero-order chi connectivity index (χ0) is 19.1. The van der Waals surface area contributed by atoms with Gasteiger partial charge in [-0.25, -0.2) is 5.43 Å². The number of nitrogens with one attached hydrogen (secondary N) is 1. The van der Waals surface area contributed by atoms with Crippen LogP contribution in [0.5, 0.6) is 11.5 Å². The normalized spacial score (nSPS) is 10.8. The molecule has 0 aliphatic carbocycles. The van der Waals surface area contributed by atoms with Gasteiger partial charge in [-0.15, -0.1) is 0 Å². The van der Waals surface area contributed by atoms with E-state index in [9.17, 15) is 4.79 Å². The molecule has 0 aliphatic rings. The molecule has 2 aromatic carbocycles. The maximum absolute atomic E-state index is 11.9. The Bertz CT molecular complexity index is 819. The van der Waals surface area contributed by atoms with E-state index in [-0.39, 0.29) is 12.5 Å². The second kappa shape index (κ2) is 9.38. The minimum Gasteiger partial charge on any atom is -0.496 e. The molecule has 0 saturated heterocycles. The lowest BCUT2D eigenvalue weighted by molar-refractivity contribution is -0.123. The molecular formula is C20H23BrN2O3. The fourth-order valence-corrected chi connectivity index (χ4v) is 2.95. The number of amides is 1. The van der Waals surface area contributed by atoms with Gasteiger partial charge in [0.1, 0.15) is 11.5 Å². The summed E-state index contributed by atoms with van der Waals surface area (Å²) in [6.45, 7) is 5.95. The molecule has 1 N–H and O–H groups in total. The van der Waals surface area contributed by atoms with Gasteiger partial charge in [0, 0.05) is 0 Å². The molecule has 0 aliphatic heterocycles. The molecule has 6 heteroatoms. The van der Waals surface area contributed by atoms with Gasteiger partial charge in [0.2, 0.25) is 0 Å². The number of carbonyl (C=O) groups excluding carboxylic acids is 1. The molecular weight excluding hydrogens is 396 g/mol. The number of nitrogens with zero attached hydrogens (tertiary/aromatic N) is 1. The number of methoxy groups -OCH3 is 1. The monoisotopic (exact) mass is 418 g/mol. The summed E-state index contributed by atoms with van der Waals surface area (Å²) in [6, 6.07) is 9.60. The smallest absolute Gasteiger partial charge is 0.277 e. The summed E-state index contributed by atoms with van der Waals surface area (Å²) in [5.41, 5.74) is 6.70. The van der Waals surface area contributed by atoms with Crippen molar-refractivity contribution in [3.8, 4) is 11.5 Å². The van der Waals surface area contributed by atoms with E-state index in [1.165, 1.54) is 5.56 Å². The molecule has 0 atom stereocenters. The summed E-state index contributed by atoms with van der Waals surface area (Å²) in [6.07, 6.45) is 2.56. The van der Waals surface area contributed by atoms with Crippen LogP contribution in [0.1, 0.15) is 29.2 Å². The highest BCUT2D eigenvalue weighted by Crippen LogP contribution is 2.26. The first-order valence-electron chi connectivity index (χ1n) is 8.33. The van der Waals surface area contributed by atoms with Gasteiger partial charge < -0.3 is 9.47 Å². The van der Waals surface area contributed by atoms with Crippen LogP contribution in [0.25, 0.3) is 0 Å². The van der Waals surface area contributed by atoms with Crippen LogP contribution in [0.2, 0.25) is 0 Å².